The number of thioether (sulfide) groups is 1. The van der Waals surface area contributed by atoms with Crippen LogP contribution in [-0.2, 0) is 0 Å². The lowest BCUT2D eigenvalue weighted by Gasteiger charge is -2.08. The van der Waals surface area contributed by atoms with Gasteiger partial charge in [-0.05, 0) is 18.4 Å². The first-order chi connectivity index (χ1) is 8.22. The fourth-order valence-corrected chi connectivity index (χ4v) is 1.96. The van der Waals surface area contributed by atoms with E-state index in [0.29, 0.717) is 5.69 Å². The molecule has 0 fully saturated rings. The molecule has 0 atom stereocenters. The molecular formula is C11H12N4OS. The van der Waals surface area contributed by atoms with Crippen LogP contribution in [0.15, 0.2) is 35.4 Å². The molecule has 0 saturated carbocycles. The van der Waals surface area contributed by atoms with Gasteiger partial charge in [-0.1, -0.05) is 12.1 Å². The van der Waals surface area contributed by atoms with Gasteiger partial charge in [-0.3, -0.25) is 9.89 Å². The van der Waals surface area contributed by atoms with E-state index in [1.165, 1.54) is 6.20 Å². The van der Waals surface area contributed by atoms with E-state index in [2.05, 4.69) is 15.5 Å². The second kappa shape index (κ2) is 4.92. The van der Waals surface area contributed by atoms with Crippen LogP contribution in [0.1, 0.15) is 10.5 Å². The summed E-state index contributed by atoms with van der Waals surface area (Å²) in [5, 5.41) is 9.07. The number of hydrogen-bond donors (Lipinski definition) is 3. The first kappa shape index (κ1) is 11.5. The third-order valence-electron chi connectivity index (χ3n) is 2.25. The lowest BCUT2D eigenvalue weighted by molar-refractivity contribution is 0.102. The number of anilines is 2. The van der Waals surface area contributed by atoms with Crippen LogP contribution in [0.25, 0.3) is 0 Å². The molecule has 2 aromatic rings. The largest absolute Gasteiger partial charge is 0.396 e. The third-order valence-corrected chi connectivity index (χ3v) is 3.05. The average Bonchev–Trinajstić information content (AvgIpc) is 2.76. The van der Waals surface area contributed by atoms with Crippen molar-refractivity contribution in [2.24, 2.45) is 0 Å². The Hall–Kier alpha value is -1.95. The molecule has 0 saturated heterocycles. The lowest BCUT2D eigenvalue weighted by Crippen LogP contribution is -2.14. The van der Waals surface area contributed by atoms with Crippen molar-refractivity contribution in [3.8, 4) is 0 Å². The van der Waals surface area contributed by atoms with E-state index < -0.39 is 0 Å². The number of aromatic nitrogens is 2. The molecule has 4 N–H and O–H groups in total. The van der Waals surface area contributed by atoms with Gasteiger partial charge in [0.15, 0.2) is 0 Å². The molecule has 6 heteroatoms. The summed E-state index contributed by atoms with van der Waals surface area (Å²) < 4.78 is 0. The zero-order valence-electron chi connectivity index (χ0n) is 9.23. The highest BCUT2D eigenvalue weighted by Gasteiger charge is 2.13. The smallest absolute Gasteiger partial charge is 0.275 e. The van der Waals surface area contributed by atoms with Crippen LogP contribution in [0.5, 0.6) is 0 Å². The second-order valence-electron chi connectivity index (χ2n) is 3.35. The van der Waals surface area contributed by atoms with Gasteiger partial charge in [0.25, 0.3) is 5.91 Å². The van der Waals surface area contributed by atoms with Crippen LogP contribution in [0.3, 0.4) is 0 Å². The van der Waals surface area contributed by atoms with Gasteiger partial charge < -0.3 is 11.1 Å². The maximum atomic E-state index is 11.9. The van der Waals surface area contributed by atoms with Gasteiger partial charge in [0.2, 0.25) is 0 Å². The zero-order valence-corrected chi connectivity index (χ0v) is 10.0. The molecule has 5 nitrogen and oxygen atoms in total. The molecule has 0 aliphatic carbocycles. The van der Waals surface area contributed by atoms with Crippen LogP contribution < -0.4 is 11.1 Å². The van der Waals surface area contributed by atoms with Gasteiger partial charge in [-0.2, -0.15) is 5.10 Å². The number of nitrogens with zero attached hydrogens (tertiary/aromatic N) is 1. The number of carbonyl (C=O) groups is 1. The maximum absolute atomic E-state index is 11.9. The summed E-state index contributed by atoms with van der Waals surface area (Å²) in [6.07, 6.45) is 3.37. The summed E-state index contributed by atoms with van der Waals surface area (Å²) in [5.41, 5.74) is 6.98. The van der Waals surface area contributed by atoms with Crippen molar-refractivity contribution in [3.63, 3.8) is 0 Å². The second-order valence-corrected chi connectivity index (χ2v) is 4.20. The highest BCUT2D eigenvalue weighted by molar-refractivity contribution is 7.98. The number of benzene rings is 1. The van der Waals surface area contributed by atoms with Gasteiger partial charge >= 0.3 is 0 Å². The summed E-state index contributed by atoms with van der Waals surface area (Å²) >= 11 is 1.57. The van der Waals surface area contributed by atoms with Crippen LogP contribution >= 0.6 is 11.8 Å². The number of aromatic amines is 1. The van der Waals surface area contributed by atoms with Gasteiger partial charge in [0, 0.05) is 4.90 Å². The van der Waals surface area contributed by atoms with Crippen molar-refractivity contribution in [2.45, 2.75) is 4.90 Å². The summed E-state index contributed by atoms with van der Waals surface area (Å²) in [6, 6.07) is 7.57. The Balaban J connectivity index is 2.22. The molecule has 2 rings (SSSR count). The minimum absolute atomic E-state index is 0.279. The van der Waals surface area contributed by atoms with E-state index in [9.17, 15) is 4.79 Å². The topological polar surface area (TPSA) is 83.8 Å². The third kappa shape index (κ3) is 2.42. The fraction of sp³-hybridized carbons (Fsp3) is 0.0909. The van der Waals surface area contributed by atoms with Crippen molar-refractivity contribution < 1.29 is 4.79 Å². The van der Waals surface area contributed by atoms with Crippen molar-refractivity contribution in [3.05, 3.63) is 36.2 Å². The molecule has 1 aromatic carbocycles. The Morgan fingerprint density at radius 2 is 2.24 bits per heavy atom. The normalized spacial score (nSPS) is 10.2. The van der Waals surface area contributed by atoms with E-state index in [0.717, 1.165) is 10.6 Å². The summed E-state index contributed by atoms with van der Waals surface area (Å²) in [4.78, 5) is 12.9. The highest BCUT2D eigenvalue weighted by Crippen LogP contribution is 2.25. The minimum Gasteiger partial charge on any atom is -0.396 e. The van der Waals surface area contributed by atoms with Crippen LogP contribution in [0.4, 0.5) is 11.4 Å². The molecular weight excluding hydrogens is 236 g/mol. The molecule has 1 amide bonds. The SMILES string of the molecule is CSc1ccccc1NC(=O)c1[nH]ncc1N. The number of rotatable bonds is 3. The lowest BCUT2D eigenvalue weighted by atomic mass is 10.3. The number of carbonyl (C=O) groups excluding carboxylic acids is 1. The molecule has 0 unspecified atom stereocenters. The highest BCUT2D eigenvalue weighted by atomic mass is 32.2. The average molecular weight is 248 g/mol. The van der Waals surface area contributed by atoms with Crippen molar-refractivity contribution in [2.75, 3.05) is 17.3 Å². The Bertz CT molecular complexity index is 538. The maximum Gasteiger partial charge on any atom is 0.275 e. The molecule has 0 aliphatic rings. The number of nitrogens with one attached hydrogen (secondary N) is 2. The molecule has 1 aromatic heterocycles. The first-order valence-electron chi connectivity index (χ1n) is 4.95. The number of nitrogens with two attached hydrogens (primary N) is 1. The van der Waals surface area contributed by atoms with Crippen LogP contribution in [0.2, 0.25) is 0 Å². The number of hydrogen-bond acceptors (Lipinski definition) is 4. The number of amides is 1. The molecule has 0 aliphatic heterocycles. The summed E-state index contributed by atoms with van der Waals surface area (Å²) in [7, 11) is 0. The van der Waals surface area contributed by atoms with Crippen molar-refractivity contribution in [1.29, 1.82) is 0 Å². The molecule has 88 valence electrons. The molecule has 1 heterocycles. The minimum atomic E-state index is -0.290. The van der Waals surface area contributed by atoms with Gasteiger partial charge in [-0.25, -0.2) is 0 Å². The molecule has 0 spiro atoms. The van der Waals surface area contributed by atoms with Gasteiger partial charge in [-0.15, -0.1) is 11.8 Å². The van der Waals surface area contributed by atoms with E-state index in [1.54, 1.807) is 11.8 Å². The molecule has 17 heavy (non-hydrogen) atoms. The number of H-pyrrole nitrogens is 1. The summed E-state index contributed by atoms with van der Waals surface area (Å²) in [6.45, 7) is 0. The number of para-hydroxylation sites is 1. The van der Waals surface area contributed by atoms with Gasteiger partial charge in [0.05, 0.1) is 17.6 Å². The van der Waals surface area contributed by atoms with Crippen LogP contribution in [0, 0.1) is 0 Å². The quantitative estimate of drug-likeness (QED) is 0.725. The predicted octanol–water partition coefficient (Wildman–Crippen LogP) is 1.97. The van der Waals surface area contributed by atoms with E-state index in [1.807, 2.05) is 30.5 Å². The Labute approximate surface area is 103 Å². The van der Waals surface area contributed by atoms with E-state index in [4.69, 9.17) is 5.73 Å². The molecule has 0 radical (unpaired) electrons. The van der Waals surface area contributed by atoms with Crippen molar-refractivity contribution >= 4 is 29.0 Å². The first-order valence-corrected chi connectivity index (χ1v) is 6.18. The van der Waals surface area contributed by atoms with Gasteiger partial charge in [0.1, 0.15) is 5.69 Å². The Kier molecular flexibility index (Phi) is 3.34. The number of nitrogen functional groups attached to an aromatic ring is 1. The van der Waals surface area contributed by atoms with E-state index >= 15 is 0 Å². The Morgan fingerprint density at radius 1 is 1.47 bits per heavy atom. The van der Waals surface area contributed by atoms with E-state index in [-0.39, 0.29) is 11.6 Å². The Morgan fingerprint density at radius 3 is 2.88 bits per heavy atom. The predicted molar refractivity (Wildman–Crippen MR) is 69.2 cm³/mol. The van der Waals surface area contributed by atoms with Crippen molar-refractivity contribution in [1.82, 2.24) is 10.2 Å². The molecule has 0 bridgehead atoms. The zero-order chi connectivity index (χ0) is 12.3. The standard InChI is InChI=1S/C11H12N4OS/c1-17-9-5-3-2-4-8(9)14-11(16)10-7(12)6-13-15-10/h2-6H,12H2,1H3,(H,13,15)(H,14,16). The van der Waals surface area contributed by atoms with Crippen LogP contribution in [-0.4, -0.2) is 22.4 Å². The summed E-state index contributed by atoms with van der Waals surface area (Å²) in [5.74, 6) is -0.290. The monoisotopic (exact) mass is 248 g/mol. The fourth-order valence-electron chi connectivity index (χ4n) is 1.41.